The molecule has 1 aliphatic rings. The van der Waals surface area contributed by atoms with Gasteiger partial charge in [-0.2, -0.15) is 0 Å². The van der Waals surface area contributed by atoms with E-state index in [1.807, 2.05) is 32.9 Å². The second kappa shape index (κ2) is 8.82. The number of carbonyl (C=O) groups excluding carboxylic acids is 2. The summed E-state index contributed by atoms with van der Waals surface area (Å²) in [4.78, 5) is 27.9. The molecule has 0 aliphatic carbocycles. The minimum absolute atomic E-state index is 0.00393. The third kappa shape index (κ3) is 3.96. The van der Waals surface area contributed by atoms with E-state index in [0.717, 1.165) is 11.1 Å². The summed E-state index contributed by atoms with van der Waals surface area (Å²) in [6.07, 6.45) is 0. The van der Waals surface area contributed by atoms with E-state index in [9.17, 15) is 19.8 Å². The molecule has 1 saturated heterocycles. The molecule has 3 aromatic carbocycles. The van der Waals surface area contributed by atoms with Crippen LogP contribution < -0.4 is 9.64 Å². The van der Waals surface area contributed by atoms with Crippen molar-refractivity contribution in [3.8, 4) is 11.5 Å². The van der Waals surface area contributed by atoms with Gasteiger partial charge in [-0.3, -0.25) is 14.5 Å². The monoisotopic (exact) mass is 443 g/mol. The number of anilines is 1. The van der Waals surface area contributed by atoms with Crippen LogP contribution in [0.5, 0.6) is 11.5 Å². The van der Waals surface area contributed by atoms with Crippen molar-refractivity contribution in [2.75, 3.05) is 11.5 Å². The van der Waals surface area contributed by atoms with Crippen LogP contribution in [0.25, 0.3) is 5.76 Å². The number of phenols is 1. The first kappa shape index (κ1) is 22.1. The van der Waals surface area contributed by atoms with Gasteiger partial charge in [0, 0.05) is 11.3 Å². The molecule has 6 nitrogen and oxygen atoms in total. The minimum Gasteiger partial charge on any atom is -0.508 e. The van der Waals surface area contributed by atoms with Gasteiger partial charge in [-0.15, -0.1) is 0 Å². The van der Waals surface area contributed by atoms with Gasteiger partial charge >= 0.3 is 0 Å². The summed E-state index contributed by atoms with van der Waals surface area (Å²) < 4.78 is 5.45. The van der Waals surface area contributed by atoms with Crippen LogP contribution in [0.1, 0.15) is 35.2 Å². The quantitative estimate of drug-likeness (QED) is 0.328. The Kier molecular flexibility index (Phi) is 5.92. The number of carbonyl (C=O) groups is 2. The molecule has 1 aliphatic heterocycles. The van der Waals surface area contributed by atoms with Gasteiger partial charge in [0.2, 0.25) is 0 Å². The minimum atomic E-state index is -0.849. The second-order valence-corrected chi connectivity index (χ2v) is 7.94. The van der Waals surface area contributed by atoms with E-state index in [2.05, 4.69) is 0 Å². The molecule has 33 heavy (non-hydrogen) atoms. The maximum absolute atomic E-state index is 13.3. The van der Waals surface area contributed by atoms with Crippen LogP contribution in [0.15, 0.2) is 72.3 Å². The average molecular weight is 443 g/mol. The molecule has 6 heteroatoms. The SMILES string of the molecule is CCOc1ccc(/C(O)=C2\C(=O)C(=O)N(c3cccc(C)c3C)C2c2ccc(O)cc2)cc1. The van der Waals surface area contributed by atoms with E-state index in [1.54, 1.807) is 42.5 Å². The van der Waals surface area contributed by atoms with E-state index in [-0.39, 0.29) is 17.1 Å². The molecule has 168 valence electrons. The third-order valence-corrected chi connectivity index (χ3v) is 5.93. The van der Waals surface area contributed by atoms with Crippen molar-refractivity contribution in [3.63, 3.8) is 0 Å². The van der Waals surface area contributed by atoms with Crippen LogP contribution in [-0.2, 0) is 9.59 Å². The number of aliphatic hydroxyl groups excluding tert-OH is 1. The number of nitrogens with zero attached hydrogens (tertiary/aromatic N) is 1. The number of aryl methyl sites for hydroxylation is 1. The Balaban J connectivity index is 1.92. The molecular formula is C27H25NO5. The molecule has 0 saturated carbocycles. The lowest BCUT2D eigenvalue weighted by Gasteiger charge is -2.27. The van der Waals surface area contributed by atoms with Crippen LogP contribution >= 0.6 is 0 Å². The number of hydrogen-bond donors (Lipinski definition) is 2. The van der Waals surface area contributed by atoms with Gasteiger partial charge in [0.05, 0.1) is 18.2 Å². The first-order valence-corrected chi connectivity index (χ1v) is 10.7. The zero-order valence-corrected chi connectivity index (χ0v) is 18.7. The molecule has 1 amide bonds. The number of ether oxygens (including phenoxy) is 1. The fourth-order valence-electron chi connectivity index (χ4n) is 4.08. The standard InChI is InChI=1S/C27H25NO5/c1-4-33-21-14-10-19(11-15-21)25(30)23-24(18-8-12-20(29)13-9-18)28(27(32)26(23)31)22-7-5-6-16(2)17(22)3/h5-15,24,29-30H,4H2,1-3H3/b25-23+. The van der Waals surface area contributed by atoms with Crippen molar-refractivity contribution in [1.82, 2.24) is 0 Å². The van der Waals surface area contributed by atoms with Crippen LogP contribution in [0.3, 0.4) is 0 Å². The lowest BCUT2D eigenvalue weighted by atomic mass is 9.94. The maximum Gasteiger partial charge on any atom is 0.300 e. The van der Waals surface area contributed by atoms with Gasteiger partial charge < -0.3 is 14.9 Å². The van der Waals surface area contributed by atoms with Crippen molar-refractivity contribution < 1.29 is 24.5 Å². The number of phenolic OH excluding ortho intramolecular Hbond substituents is 1. The van der Waals surface area contributed by atoms with E-state index in [1.165, 1.54) is 17.0 Å². The number of ketones is 1. The number of amides is 1. The summed E-state index contributed by atoms with van der Waals surface area (Å²) in [5.74, 6) is -1.04. The first-order valence-electron chi connectivity index (χ1n) is 10.7. The van der Waals surface area contributed by atoms with E-state index in [0.29, 0.717) is 29.2 Å². The fraction of sp³-hybridized carbons (Fsp3) is 0.185. The first-order chi connectivity index (χ1) is 15.8. The van der Waals surface area contributed by atoms with Crippen LogP contribution in [-0.4, -0.2) is 28.5 Å². The predicted octanol–water partition coefficient (Wildman–Crippen LogP) is 5.03. The van der Waals surface area contributed by atoms with E-state index in [4.69, 9.17) is 4.74 Å². The highest BCUT2D eigenvalue weighted by Gasteiger charge is 2.47. The van der Waals surface area contributed by atoms with Crippen molar-refractivity contribution in [2.24, 2.45) is 0 Å². The van der Waals surface area contributed by atoms with Crippen LogP contribution in [0.4, 0.5) is 5.69 Å². The second-order valence-electron chi connectivity index (χ2n) is 7.94. The smallest absolute Gasteiger partial charge is 0.300 e. The summed E-state index contributed by atoms with van der Waals surface area (Å²) in [6, 6.07) is 17.7. The number of aliphatic hydroxyl groups is 1. The highest BCUT2D eigenvalue weighted by atomic mass is 16.5. The molecule has 1 heterocycles. The molecule has 0 bridgehead atoms. The Morgan fingerprint density at radius 3 is 2.27 bits per heavy atom. The summed E-state index contributed by atoms with van der Waals surface area (Å²) in [5.41, 5.74) is 3.44. The Morgan fingerprint density at radius 1 is 0.970 bits per heavy atom. The van der Waals surface area contributed by atoms with Gasteiger partial charge in [0.25, 0.3) is 11.7 Å². The molecule has 1 atom stereocenters. The highest BCUT2D eigenvalue weighted by Crippen LogP contribution is 2.43. The third-order valence-electron chi connectivity index (χ3n) is 5.93. The van der Waals surface area contributed by atoms with Crippen LogP contribution in [0.2, 0.25) is 0 Å². The molecule has 0 aromatic heterocycles. The number of hydrogen-bond acceptors (Lipinski definition) is 5. The molecule has 2 N–H and O–H groups in total. The lowest BCUT2D eigenvalue weighted by Crippen LogP contribution is -2.30. The summed E-state index contributed by atoms with van der Waals surface area (Å²) in [6.45, 7) is 6.21. The van der Waals surface area contributed by atoms with Gasteiger partial charge in [0.1, 0.15) is 17.3 Å². The lowest BCUT2D eigenvalue weighted by molar-refractivity contribution is -0.132. The molecule has 0 spiro atoms. The normalized spacial score (nSPS) is 17.4. The van der Waals surface area contributed by atoms with Gasteiger partial charge in [-0.25, -0.2) is 0 Å². The molecule has 3 aromatic rings. The maximum atomic E-state index is 13.3. The zero-order valence-electron chi connectivity index (χ0n) is 18.7. The zero-order chi connectivity index (χ0) is 23.7. The van der Waals surface area contributed by atoms with Crippen molar-refractivity contribution in [2.45, 2.75) is 26.8 Å². The number of rotatable bonds is 5. The van der Waals surface area contributed by atoms with Gasteiger partial charge in [0.15, 0.2) is 0 Å². The van der Waals surface area contributed by atoms with Gasteiger partial charge in [-0.05, 0) is 79.9 Å². The van der Waals surface area contributed by atoms with Crippen molar-refractivity contribution in [1.29, 1.82) is 0 Å². The summed E-state index contributed by atoms with van der Waals surface area (Å²) in [5, 5.41) is 21.0. The Hall–Kier alpha value is -4.06. The van der Waals surface area contributed by atoms with Gasteiger partial charge in [-0.1, -0.05) is 24.3 Å². The number of benzene rings is 3. The topological polar surface area (TPSA) is 87.1 Å². The number of aromatic hydroxyl groups is 1. The Morgan fingerprint density at radius 2 is 1.64 bits per heavy atom. The molecule has 1 fully saturated rings. The number of Topliss-reactive ketones (excluding diaryl/α,β-unsaturated/α-hetero) is 1. The van der Waals surface area contributed by atoms with E-state index < -0.39 is 17.7 Å². The molecule has 4 rings (SSSR count). The van der Waals surface area contributed by atoms with Crippen molar-refractivity contribution >= 4 is 23.1 Å². The molecule has 0 radical (unpaired) electrons. The largest absolute Gasteiger partial charge is 0.508 e. The predicted molar refractivity (Wildman–Crippen MR) is 126 cm³/mol. The average Bonchev–Trinajstić information content (AvgIpc) is 3.07. The summed E-state index contributed by atoms with van der Waals surface area (Å²) in [7, 11) is 0. The highest BCUT2D eigenvalue weighted by molar-refractivity contribution is 6.51. The van der Waals surface area contributed by atoms with Crippen molar-refractivity contribution in [3.05, 3.63) is 94.6 Å². The Bertz CT molecular complexity index is 1240. The molecule has 1 unspecified atom stereocenters. The Labute approximate surface area is 192 Å². The fourth-order valence-corrected chi connectivity index (χ4v) is 4.08. The van der Waals surface area contributed by atoms with E-state index >= 15 is 0 Å². The molecular weight excluding hydrogens is 418 g/mol. The van der Waals surface area contributed by atoms with Crippen LogP contribution in [0, 0.1) is 13.8 Å². The summed E-state index contributed by atoms with van der Waals surface area (Å²) >= 11 is 0.